The van der Waals surface area contributed by atoms with Crippen LogP contribution in [0.25, 0.3) is 0 Å². The number of anilines is 1. The molecule has 0 aromatic heterocycles. The Morgan fingerprint density at radius 1 is 1.39 bits per heavy atom. The van der Waals surface area contributed by atoms with Gasteiger partial charge in [0.2, 0.25) is 11.8 Å². The van der Waals surface area contributed by atoms with Crippen LogP contribution >= 0.6 is 15.9 Å². The van der Waals surface area contributed by atoms with E-state index in [2.05, 4.69) is 26.6 Å². The van der Waals surface area contributed by atoms with E-state index in [4.69, 9.17) is 0 Å². The lowest BCUT2D eigenvalue weighted by atomic mass is 10.1. The fourth-order valence-electron chi connectivity index (χ4n) is 1.91. The summed E-state index contributed by atoms with van der Waals surface area (Å²) in [6, 6.07) is 3.48. The van der Waals surface area contributed by atoms with E-state index < -0.39 is 6.04 Å². The van der Waals surface area contributed by atoms with E-state index in [1.54, 1.807) is 0 Å². The molecule has 1 fully saturated rings. The van der Waals surface area contributed by atoms with E-state index in [-0.39, 0.29) is 11.8 Å². The molecular weight excluding hydrogens is 296 g/mol. The van der Waals surface area contributed by atoms with Crippen LogP contribution in [0.2, 0.25) is 0 Å². The first-order valence-corrected chi connectivity index (χ1v) is 6.63. The highest BCUT2D eigenvalue weighted by atomic mass is 79.9. The number of carbonyl (C=O) groups is 2. The molecule has 0 aliphatic carbocycles. The summed E-state index contributed by atoms with van der Waals surface area (Å²) in [5.74, 6) is -0.223. The van der Waals surface area contributed by atoms with Crippen molar-refractivity contribution >= 4 is 33.4 Å². The molecule has 1 aliphatic heterocycles. The third-order valence-electron chi connectivity index (χ3n) is 3.15. The van der Waals surface area contributed by atoms with Crippen LogP contribution in [0, 0.1) is 13.8 Å². The zero-order valence-electron chi connectivity index (χ0n) is 10.3. The maximum absolute atomic E-state index is 12.0. The topological polar surface area (TPSA) is 58.2 Å². The molecule has 2 N–H and O–H groups in total. The number of amides is 2. The minimum Gasteiger partial charge on any atom is -0.344 e. The average Bonchev–Trinajstić information content (AvgIpc) is 2.73. The first-order valence-electron chi connectivity index (χ1n) is 5.84. The lowest BCUT2D eigenvalue weighted by Crippen LogP contribution is -2.37. The van der Waals surface area contributed by atoms with Gasteiger partial charge in [-0.2, -0.15) is 0 Å². The number of aryl methyl sites for hydroxylation is 2. The summed E-state index contributed by atoms with van der Waals surface area (Å²) in [5, 5.41) is 5.49. The second-order valence-electron chi connectivity index (χ2n) is 4.56. The Hall–Kier alpha value is -1.36. The summed E-state index contributed by atoms with van der Waals surface area (Å²) in [7, 11) is 0. The van der Waals surface area contributed by atoms with Crippen LogP contribution in [0.15, 0.2) is 16.6 Å². The third-order valence-corrected chi connectivity index (χ3v) is 3.81. The van der Waals surface area contributed by atoms with Gasteiger partial charge < -0.3 is 10.6 Å². The van der Waals surface area contributed by atoms with Gasteiger partial charge in [-0.1, -0.05) is 0 Å². The molecule has 96 valence electrons. The van der Waals surface area contributed by atoms with E-state index in [1.807, 2.05) is 26.0 Å². The van der Waals surface area contributed by atoms with Crippen molar-refractivity contribution in [1.82, 2.24) is 5.32 Å². The number of carbonyl (C=O) groups excluding carboxylic acids is 2. The molecule has 0 bridgehead atoms. The minimum atomic E-state index is -0.411. The van der Waals surface area contributed by atoms with Gasteiger partial charge in [0, 0.05) is 10.9 Å². The van der Waals surface area contributed by atoms with Crippen LogP contribution in [-0.4, -0.2) is 17.9 Å². The molecule has 0 spiro atoms. The largest absolute Gasteiger partial charge is 0.344 e. The Balaban J connectivity index is 2.12. The molecule has 1 aromatic carbocycles. The van der Waals surface area contributed by atoms with E-state index in [0.29, 0.717) is 12.8 Å². The number of nitrogens with one attached hydrogen (secondary N) is 2. The number of rotatable bonds is 2. The minimum absolute atomic E-state index is 0.0608. The monoisotopic (exact) mass is 310 g/mol. The fraction of sp³-hybridized carbons (Fsp3) is 0.385. The van der Waals surface area contributed by atoms with Crippen LogP contribution in [-0.2, 0) is 9.59 Å². The van der Waals surface area contributed by atoms with Crippen molar-refractivity contribution in [2.24, 2.45) is 0 Å². The molecular formula is C13H15BrN2O2. The molecule has 1 heterocycles. The quantitative estimate of drug-likeness (QED) is 0.880. The SMILES string of the molecule is Cc1cc(Br)c(NC(=O)[C@H]2CCC(=O)N2)cc1C. The lowest BCUT2D eigenvalue weighted by Gasteiger charge is -2.13. The zero-order valence-corrected chi connectivity index (χ0v) is 11.9. The van der Waals surface area contributed by atoms with Crippen LogP contribution in [0.1, 0.15) is 24.0 Å². The number of hydrogen-bond donors (Lipinski definition) is 2. The Bertz CT molecular complexity index is 514. The fourth-order valence-corrected chi connectivity index (χ4v) is 2.46. The van der Waals surface area contributed by atoms with E-state index in [9.17, 15) is 9.59 Å². The predicted octanol–water partition coefficient (Wildman–Crippen LogP) is 2.28. The average molecular weight is 311 g/mol. The summed E-state index contributed by atoms with van der Waals surface area (Å²) in [6.07, 6.45) is 0.985. The van der Waals surface area contributed by atoms with Crippen molar-refractivity contribution in [3.63, 3.8) is 0 Å². The maximum atomic E-state index is 12.0. The number of benzene rings is 1. The summed E-state index contributed by atoms with van der Waals surface area (Å²) in [4.78, 5) is 23.0. The molecule has 0 saturated carbocycles. The van der Waals surface area contributed by atoms with Gasteiger partial charge in [-0.15, -0.1) is 0 Å². The Morgan fingerprint density at radius 2 is 2.06 bits per heavy atom. The van der Waals surface area contributed by atoms with Gasteiger partial charge in [0.15, 0.2) is 0 Å². The number of hydrogen-bond acceptors (Lipinski definition) is 2. The molecule has 18 heavy (non-hydrogen) atoms. The van der Waals surface area contributed by atoms with Gasteiger partial charge in [-0.05, 0) is 59.5 Å². The highest BCUT2D eigenvalue weighted by Gasteiger charge is 2.27. The molecule has 4 nitrogen and oxygen atoms in total. The number of halogens is 1. The van der Waals surface area contributed by atoms with Crippen LogP contribution in [0.5, 0.6) is 0 Å². The van der Waals surface area contributed by atoms with Crippen LogP contribution in [0.4, 0.5) is 5.69 Å². The van der Waals surface area contributed by atoms with Gasteiger partial charge >= 0.3 is 0 Å². The lowest BCUT2D eigenvalue weighted by molar-refractivity contribution is -0.122. The van der Waals surface area contributed by atoms with Gasteiger partial charge in [-0.25, -0.2) is 0 Å². The second kappa shape index (κ2) is 5.10. The molecule has 1 aliphatic rings. The molecule has 2 rings (SSSR count). The summed E-state index contributed by atoms with van der Waals surface area (Å²) in [5.41, 5.74) is 3.02. The molecule has 0 unspecified atom stereocenters. The van der Waals surface area contributed by atoms with Crippen LogP contribution in [0.3, 0.4) is 0 Å². The first-order chi connectivity index (χ1) is 8.47. The van der Waals surface area contributed by atoms with Gasteiger partial charge in [0.1, 0.15) is 6.04 Å². The second-order valence-corrected chi connectivity index (χ2v) is 5.42. The molecule has 1 saturated heterocycles. The summed E-state index contributed by atoms with van der Waals surface area (Å²) >= 11 is 3.43. The molecule has 5 heteroatoms. The van der Waals surface area contributed by atoms with E-state index in [0.717, 1.165) is 21.3 Å². The summed E-state index contributed by atoms with van der Waals surface area (Å²) in [6.45, 7) is 4.01. The van der Waals surface area contributed by atoms with Crippen molar-refractivity contribution in [3.8, 4) is 0 Å². The molecule has 1 aromatic rings. The van der Waals surface area contributed by atoms with Crippen molar-refractivity contribution in [1.29, 1.82) is 0 Å². The highest BCUT2D eigenvalue weighted by Crippen LogP contribution is 2.26. The molecule has 0 radical (unpaired) electrons. The summed E-state index contributed by atoms with van der Waals surface area (Å²) < 4.78 is 0.850. The van der Waals surface area contributed by atoms with Crippen LogP contribution < -0.4 is 10.6 Å². The van der Waals surface area contributed by atoms with Crippen molar-refractivity contribution < 1.29 is 9.59 Å². The standard InChI is InChI=1S/C13H15BrN2O2/c1-7-5-9(14)11(6-8(7)2)16-13(18)10-3-4-12(17)15-10/h5-6,10H,3-4H2,1-2H3,(H,15,17)(H,16,18)/t10-/m1/s1. The Labute approximate surface area is 114 Å². The van der Waals surface area contributed by atoms with Gasteiger partial charge in [0.05, 0.1) is 5.69 Å². The molecule has 2 amide bonds. The van der Waals surface area contributed by atoms with E-state index in [1.165, 1.54) is 0 Å². The normalized spacial score (nSPS) is 18.6. The van der Waals surface area contributed by atoms with Gasteiger partial charge in [-0.3, -0.25) is 9.59 Å². The Kier molecular flexibility index (Phi) is 3.71. The molecule has 1 atom stereocenters. The highest BCUT2D eigenvalue weighted by molar-refractivity contribution is 9.10. The predicted molar refractivity (Wildman–Crippen MR) is 73.4 cm³/mol. The zero-order chi connectivity index (χ0) is 13.3. The van der Waals surface area contributed by atoms with Crippen molar-refractivity contribution in [2.45, 2.75) is 32.7 Å². The van der Waals surface area contributed by atoms with Crippen molar-refractivity contribution in [3.05, 3.63) is 27.7 Å². The maximum Gasteiger partial charge on any atom is 0.246 e. The van der Waals surface area contributed by atoms with Crippen molar-refractivity contribution in [2.75, 3.05) is 5.32 Å². The first kappa shape index (κ1) is 13.1. The third kappa shape index (κ3) is 2.72. The smallest absolute Gasteiger partial charge is 0.246 e. The Morgan fingerprint density at radius 3 is 2.67 bits per heavy atom. The van der Waals surface area contributed by atoms with Gasteiger partial charge in [0.25, 0.3) is 0 Å². The van der Waals surface area contributed by atoms with E-state index >= 15 is 0 Å².